The maximum Gasteiger partial charge on any atom is 0.159 e. The largest absolute Gasteiger partial charge is 0.387 e. The molecule has 1 aromatic carbocycles. The van der Waals surface area contributed by atoms with Crippen LogP contribution in [0.4, 0.5) is 8.78 Å². The number of allylic oxidation sites excluding steroid dienone is 1. The molecule has 0 heterocycles. The Morgan fingerprint density at radius 3 is 2.76 bits per heavy atom. The van der Waals surface area contributed by atoms with Crippen LogP contribution in [0.5, 0.6) is 0 Å². The van der Waals surface area contributed by atoms with Gasteiger partial charge in [0.25, 0.3) is 0 Å². The molecule has 1 unspecified atom stereocenters. The van der Waals surface area contributed by atoms with Crippen molar-refractivity contribution in [3.05, 3.63) is 47.5 Å². The van der Waals surface area contributed by atoms with E-state index in [1.54, 1.807) is 0 Å². The Morgan fingerprint density at radius 2 is 2.12 bits per heavy atom. The molecule has 2 N–H and O–H groups in total. The van der Waals surface area contributed by atoms with E-state index >= 15 is 0 Å². The molecule has 0 amide bonds. The molecule has 0 aliphatic rings. The average molecular weight is 241 g/mol. The maximum absolute atomic E-state index is 12.9. The molecule has 17 heavy (non-hydrogen) atoms. The highest BCUT2D eigenvalue weighted by Crippen LogP contribution is 2.15. The molecule has 1 rings (SSSR count). The standard InChI is InChI=1S/C13H17F2NO/c1-2-3-4-7-16-9-13(17)10-5-6-11(14)12(15)8-10/h2-3,5-6,8,13,16-17H,4,7,9H2,1H3/b3-2+. The van der Waals surface area contributed by atoms with Gasteiger partial charge < -0.3 is 10.4 Å². The van der Waals surface area contributed by atoms with Crippen molar-refractivity contribution in [2.45, 2.75) is 19.4 Å². The Hall–Kier alpha value is -1.26. The summed E-state index contributed by atoms with van der Waals surface area (Å²) in [5, 5.41) is 12.8. The van der Waals surface area contributed by atoms with E-state index < -0.39 is 17.7 Å². The molecule has 0 saturated heterocycles. The second-order valence-electron chi connectivity index (χ2n) is 3.75. The minimum atomic E-state index is -0.935. The molecular formula is C13H17F2NO. The monoisotopic (exact) mass is 241 g/mol. The molecule has 4 heteroatoms. The zero-order valence-electron chi connectivity index (χ0n) is 9.79. The van der Waals surface area contributed by atoms with Crippen molar-refractivity contribution in [2.24, 2.45) is 0 Å². The molecule has 0 aromatic heterocycles. The van der Waals surface area contributed by atoms with Gasteiger partial charge in [-0.05, 0) is 37.6 Å². The number of nitrogens with one attached hydrogen (secondary N) is 1. The number of aliphatic hydroxyl groups is 1. The summed E-state index contributed by atoms with van der Waals surface area (Å²) in [5.74, 6) is -1.84. The number of benzene rings is 1. The van der Waals surface area contributed by atoms with Crippen LogP contribution in [0.25, 0.3) is 0 Å². The predicted octanol–water partition coefficient (Wildman–Crippen LogP) is 2.55. The minimum absolute atomic E-state index is 0.322. The van der Waals surface area contributed by atoms with Crippen LogP contribution in [-0.4, -0.2) is 18.2 Å². The first kappa shape index (κ1) is 13.8. The molecule has 94 valence electrons. The second kappa shape index (κ2) is 7.14. The van der Waals surface area contributed by atoms with E-state index in [4.69, 9.17) is 0 Å². The summed E-state index contributed by atoms with van der Waals surface area (Å²) < 4.78 is 25.6. The van der Waals surface area contributed by atoms with Crippen molar-refractivity contribution in [1.29, 1.82) is 0 Å². The Labute approximate surface area is 100.0 Å². The van der Waals surface area contributed by atoms with Crippen LogP contribution >= 0.6 is 0 Å². The van der Waals surface area contributed by atoms with Crippen LogP contribution < -0.4 is 5.32 Å². The Morgan fingerprint density at radius 1 is 1.35 bits per heavy atom. The fourth-order valence-electron chi connectivity index (χ4n) is 1.43. The predicted molar refractivity (Wildman–Crippen MR) is 63.6 cm³/mol. The number of hydrogen-bond acceptors (Lipinski definition) is 2. The van der Waals surface area contributed by atoms with Gasteiger partial charge in [0.15, 0.2) is 11.6 Å². The number of hydrogen-bond donors (Lipinski definition) is 2. The summed E-state index contributed by atoms with van der Waals surface area (Å²) in [6, 6.07) is 3.43. The van der Waals surface area contributed by atoms with E-state index in [1.807, 2.05) is 19.1 Å². The highest BCUT2D eigenvalue weighted by molar-refractivity contribution is 5.20. The van der Waals surface area contributed by atoms with Crippen LogP contribution in [-0.2, 0) is 0 Å². The lowest BCUT2D eigenvalue weighted by Crippen LogP contribution is -2.22. The minimum Gasteiger partial charge on any atom is -0.387 e. The van der Waals surface area contributed by atoms with Gasteiger partial charge in [-0.15, -0.1) is 0 Å². The normalized spacial score (nSPS) is 13.2. The van der Waals surface area contributed by atoms with Gasteiger partial charge >= 0.3 is 0 Å². The van der Waals surface area contributed by atoms with E-state index in [2.05, 4.69) is 5.32 Å². The zero-order valence-corrected chi connectivity index (χ0v) is 9.79. The fourth-order valence-corrected chi connectivity index (χ4v) is 1.43. The second-order valence-corrected chi connectivity index (χ2v) is 3.75. The van der Waals surface area contributed by atoms with Gasteiger partial charge in [-0.1, -0.05) is 18.2 Å². The number of halogens is 2. The first-order chi connectivity index (χ1) is 8.15. The lowest BCUT2D eigenvalue weighted by molar-refractivity contribution is 0.174. The van der Waals surface area contributed by atoms with Crippen LogP contribution in [0.15, 0.2) is 30.4 Å². The third-order valence-electron chi connectivity index (χ3n) is 2.39. The van der Waals surface area contributed by atoms with Crippen molar-refractivity contribution in [3.8, 4) is 0 Å². The third-order valence-corrected chi connectivity index (χ3v) is 2.39. The quantitative estimate of drug-likeness (QED) is 0.592. The fraction of sp³-hybridized carbons (Fsp3) is 0.385. The van der Waals surface area contributed by atoms with Gasteiger partial charge in [-0.2, -0.15) is 0 Å². The smallest absolute Gasteiger partial charge is 0.159 e. The number of aliphatic hydroxyl groups excluding tert-OH is 1. The molecule has 0 aliphatic carbocycles. The number of rotatable bonds is 6. The van der Waals surface area contributed by atoms with E-state index in [1.165, 1.54) is 6.07 Å². The van der Waals surface area contributed by atoms with Gasteiger partial charge in [0.05, 0.1) is 6.10 Å². The first-order valence-corrected chi connectivity index (χ1v) is 5.60. The first-order valence-electron chi connectivity index (χ1n) is 5.60. The Bertz CT molecular complexity index is 380. The summed E-state index contributed by atoms with van der Waals surface area (Å²) in [6.45, 7) is 3.00. The van der Waals surface area contributed by atoms with Crippen LogP contribution in [0.2, 0.25) is 0 Å². The molecule has 1 aromatic rings. The maximum atomic E-state index is 12.9. The summed E-state index contributed by atoms with van der Waals surface area (Å²) in [6.07, 6.45) is 4.02. The van der Waals surface area contributed by atoms with Crippen molar-refractivity contribution in [3.63, 3.8) is 0 Å². The van der Waals surface area contributed by atoms with Gasteiger partial charge in [0.1, 0.15) is 0 Å². The van der Waals surface area contributed by atoms with Crippen LogP contribution in [0.3, 0.4) is 0 Å². The van der Waals surface area contributed by atoms with Crippen LogP contribution in [0.1, 0.15) is 25.0 Å². The average Bonchev–Trinajstić information content (AvgIpc) is 2.32. The lowest BCUT2D eigenvalue weighted by Gasteiger charge is -2.12. The van der Waals surface area contributed by atoms with Gasteiger partial charge in [-0.25, -0.2) is 8.78 Å². The lowest BCUT2D eigenvalue weighted by atomic mass is 10.1. The molecule has 0 bridgehead atoms. The van der Waals surface area contributed by atoms with Gasteiger partial charge in [0.2, 0.25) is 0 Å². The molecule has 0 aliphatic heterocycles. The summed E-state index contributed by atoms with van der Waals surface area (Å²) in [7, 11) is 0. The van der Waals surface area contributed by atoms with E-state index in [0.29, 0.717) is 12.1 Å². The summed E-state index contributed by atoms with van der Waals surface area (Å²) in [5.41, 5.74) is 0.377. The van der Waals surface area contributed by atoms with Crippen LogP contribution in [0, 0.1) is 11.6 Å². The van der Waals surface area contributed by atoms with E-state index in [0.717, 1.165) is 25.1 Å². The molecule has 0 saturated carbocycles. The molecule has 2 nitrogen and oxygen atoms in total. The third kappa shape index (κ3) is 4.63. The molecule has 1 atom stereocenters. The molecule has 0 spiro atoms. The Kier molecular flexibility index (Phi) is 5.80. The highest BCUT2D eigenvalue weighted by atomic mass is 19.2. The topological polar surface area (TPSA) is 32.3 Å². The molecule has 0 fully saturated rings. The van der Waals surface area contributed by atoms with Gasteiger partial charge in [0, 0.05) is 6.54 Å². The summed E-state index contributed by atoms with van der Waals surface area (Å²) in [4.78, 5) is 0. The molecular weight excluding hydrogens is 224 g/mol. The SMILES string of the molecule is C/C=C/CCNCC(O)c1ccc(F)c(F)c1. The highest BCUT2D eigenvalue weighted by Gasteiger charge is 2.09. The zero-order chi connectivity index (χ0) is 12.7. The van der Waals surface area contributed by atoms with Crippen molar-refractivity contribution in [1.82, 2.24) is 5.32 Å². The Balaban J connectivity index is 2.41. The van der Waals surface area contributed by atoms with Crippen molar-refractivity contribution in [2.75, 3.05) is 13.1 Å². The van der Waals surface area contributed by atoms with Crippen molar-refractivity contribution >= 4 is 0 Å². The van der Waals surface area contributed by atoms with E-state index in [-0.39, 0.29) is 0 Å². The molecule has 0 radical (unpaired) electrons. The van der Waals surface area contributed by atoms with Crippen molar-refractivity contribution < 1.29 is 13.9 Å². The van der Waals surface area contributed by atoms with Gasteiger partial charge in [-0.3, -0.25) is 0 Å². The summed E-state index contributed by atoms with van der Waals surface area (Å²) >= 11 is 0. The van der Waals surface area contributed by atoms with E-state index in [9.17, 15) is 13.9 Å².